The van der Waals surface area contributed by atoms with Gasteiger partial charge in [0.2, 0.25) is 0 Å². The Hall–Kier alpha value is -0.930. The van der Waals surface area contributed by atoms with Crippen LogP contribution in [0.1, 0.15) is 19.4 Å². The molecule has 1 rings (SSSR count). The predicted octanol–water partition coefficient (Wildman–Crippen LogP) is 1.41. The Bertz CT molecular complexity index is 259. The van der Waals surface area contributed by atoms with Gasteiger partial charge in [0.05, 0.1) is 12.2 Å². The van der Waals surface area contributed by atoms with Crippen LogP contribution >= 0.6 is 0 Å². The summed E-state index contributed by atoms with van der Waals surface area (Å²) >= 11 is 0. The van der Waals surface area contributed by atoms with Crippen LogP contribution in [0.25, 0.3) is 0 Å². The molecule has 78 valence electrons. The van der Waals surface area contributed by atoms with E-state index in [2.05, 4.69) is 4.98 Å². The summed E-state index contributed by atoms with van der Waals surface area (Å²) in [5, 5.41) is 9.95. The van der Waals surface area contributed by atoms with E-state index in [0.717, 1.165) is 5.56 Å². The normalized spacial score (nSPS) is 15.1. The standard InChI is InChI=1S/C11H17NO2/c1-3-14-9-11(2,13)8-10-4-6-12-7-5-10/h4-7,13H,3,8-9H2,1-2H3. The van der Waals surface area contributed by atoms with Crippen molar-refractivity contribution in [3.63, 3.8) is 0 Å². The molecule has 1 N–H and O–H groups in total. The highest BCUT2D eigenvalue weighted by Crippen LogP contribution is 2.12. The first kappa shape index (κ1) is 11.1. The first-order chi connectivity index (χ1) is 6.64. The molecule has 0 bridgehead atoms. The molecule has 0 saturated heterocycles. The van der Waals surface area contributed by atoms with E-state index in [1.165, 1.54) is 0 Å². The van der Waals surface area contributed by atoms with Gasteiger partial charge in [0.1, 0.15) is 0 Å². The van der Waals surface area contributed by atoms with Crippen LogP contribution in [-0.2, 0) is 11.2 Å². The summed E-state index contributed by atoms with van der Waals surface area (Å²) < 4.78 is 5.20. The molecule has 1 unspecified atom stereocenters. The van der Waals surface area contributed by atoms with Crippen molar-refractivity contribution in [1.29, 1.82) is 0 Å². The molecule has 1 aromatic heterocycles. The second-order valence-corrected chi connectivity index (χ2v) is 3.67. The predicted molar refractivity (Wildman–Crippen MR) is 55.1 cm³/mol. The van der Waals surface area contributed by atoms with Crippen molar-refractivity contribution >= 4 is 0 Å². The van der Waals surface area contributed by atoms with E-state index in [1.807, 2.05) is 19.1 Å². The van der Waals surface area contributed by atoms with Crippen molar-refractivity contribution in [2.24, 2.45) is 0 Å². The Labute approximate surface area is 84.7 Å². The number of hydrogen-bond acceptors (Lipinski definition) is 3. The molecular formula is C11H17NO2. The lowest BCUT2D eigenvalue weighted by Crippen LogP contribution is -2.33. The highest BCUT2D eigenvalue weighted by atomic mass is 16.5. The summed E-state index contributed by atoms with van der Waals surface area (Å²) in [4.78, 5) is 3.92. The molecule has 0 amide bonds. The van der Waals surface area contributed by atoms with Gasteiger partial charge in [-0.3, -0.25) is 4.98 Å². The molecule has 0 spiro atoms. The maximum absolute atomic E-state index is 9.95. The smallest absolute Gasteiger partial charge is 0.0892 e. The fraction of sp³-hybridized carbons (Fsp3) is 0.545. The van der Waals surface area contributed by atoms with Gasteiger partial charge >= 0.3 is 0 Å². The van der Waals surface area contributed by atoms with Crippen LogP contribution in [0, 0.1) is 0 Å². The fourth-order valence-corrected chi connectivity index (χ4v) is 1.31. The van der Waals surface area contributed by atoms with Crippen LogP contribution in [0.4, 0.5) is 0 Å². The number of rotatable bonds is 5. The second-order valence-electron chi connectivity index (χ2n) is 3.67. The molecule has 14 heavy (non-hydrogen) atoms. The zero-order valence-electron chi connectivity index (χ0n) is 8.73. The summed E-state index contributed by atoms with van der Waals surface area (Å²) in [6, 6.07) is 3.81. The van der Waals surface area contributed by atoms with Gasteiger partial charge < -0.3 is 9.84 Å². The van der Waals surface area contributed by atoms with E-state index in [1.54, 1.807) is 19.3 Å². The van der Waals surface area contributed by atoms with E-state index < -0.39 is 5.60 Å². The summed E-state index contributed by atoms with van der Waals surface area (Å²) in [5.41, 5.74) is 0.280. The first-order valence-electron chi connectivity index (χ1n) is 4.83. The number of hydrogen-bond donors (Lipinski definition) is 1. The highest BCUT2D eigenvalue weighted by molar-refractivity contribution is 5.12. The topological polar surface area (TPSA) is 42.4 Å². The fourth-order valence-electron chi connectivity index (χ4n) is 1.31. The number of nitrogens with zero attached hydrogens (tertiary/aromatic N) is 1. The van der Waals surface area contributed by atoms with E-state index in [-0.39, 0.29) is 0 Å². The molecule has 0 saturated carbocycles. The zero-order chi connectivity index (χ0) is 10.4. The van der Waals surface area contributed by atoms with E-state index in [0.29, 0.717) is 19.6 Å². The maximum Gasteiger partial charge on any atom is 0.0892 e. The first-order valence-corrected chi connectivity index (χ1v) is 4.83. The lowest BCUT2D eigenvalue weighted by atomic mass is 9.98. The Morgan fingerprint density at radius 2 is 2.07 bits per heavy atom. The van der Waals surface area contributed by atoms with E-state index in [9.17, 15) is 5.11 Å². The lowest BCUT2D eigenvalue weighted by molar-refractivity contribution is -0.0296. The average Bonchev–Trinajstić information content (AvgIpc) is 2.16. The van der Waals surface area contributed by atoms with Crippen molar-refractivity contribution in [1.82, 2.24) is 4.98 Å². The minimum absolute atomic E-state index is 0.367. The Morgan fingerprint density at radius 1 is 1.43 bits per heavy atom. The van der Waals surface area contributed by atoms with Gasteiger partial charge in [-0.1, -0.05) is 0 Å². The molecule has 3 nitrogen and oxygen atoms in total. The van der Waals surface area contributed by atoms with Gasteiger partial charge in [-0.15, -0.1) is 0 Å². The third kappa shape index (κ3) is 3.85. The molecule has 0 aliphatic rings. The largest absolute Gasteiger partial charge is 0.387 e. The van der Waals surface area contributed by atoms with Gasteiger partial charge in [0, 0.05) is 25.4 Å². The summed E-state index contributed by atoms with van der Waals surface area (Å²) in [5.74, 6) is 0. The molecule has 0 aromatic carbocycles. The van der Waals surface area contributed by atoms with Crippen LogP contribution in [-0.4, -0.2) is 28.9 Å². The van der Waals surface area contributed by atoms with Crippen molar-refractivity contribution in [2.75, 3.05) is 13.2 Å². The lowest BCUT2D eigenvalue weighted by Gasteiger charge is -2.22. The Balaban J connectivity index is 2.50. The van der Waals surface area contributed by atoms with Gasteiger partial charge in [-0.2, -0.15) is 0 Å². The zero-order valence-corrected chi connectivity index (χ0v) is 8.73. The van der Waals surface area contributed by atoms with E-state index in [4.69, 9.17) is 4.74 Å². The van der Waals surface area contributed by atoms with Crippen molar-refractivity contribution in [3.8, 4) is 0 Å². The SMILES string of the molecule is CCOCC(C)(O)Cc1ccncc1. The van der Waals surface area contributed by atoms with Crippen molar-refractivity contribution in [3.05, 3.63) is 30.1 Å². The van der Waals surface area contributed by atoms with Crippen LogP contribution in [0.5, 0.6) is 0 Å². The second kappa shape index (κ2) is 5.08. The molecule has 1 heterocycles. The average molecular weight is 195 g/mol. The van der Waals surface area contributed by atoms with E-state index >= 15 is 0 Å². The van der Waals surface area contributed by atoms with Crippen LogP contribution in [0.3, 0.4) is 0 Å². The molecule has 1 aromatic rings. The minimum atomic E-state index is -0.794. The maximum atomic E-state index is 9.95. The molecule has 0 fully saturated rings. The molecule has 0 aliphatic heterocycles. The number of ether oxygens (including phenoxy) is 1. The van der Waals surface area contributed by atoms with Crippen LogP contribution in [0.15, 0.2) is 24.5 Å². The number of pyridine rings is 1. The summed E-state index contributed by atoms with van der Waals surface area (Å²) in [7, 11) is 0. The molecule has 1 atom stereocenters. The van der Waals surface area contributed by atoms with Gasteiger partial charge in [0.15, 0.2) is 0 Å². The molecule has 0 radical (unpaired) electrons. The molecule has 3 heteroatoms. The van der Waals surface area contributed by atoms with Gasteiger partial charge in [-0.05, 0) is 31.5 Å². The molecular weight excluding hydrogens is 178 g/mol. The van der Waals surface area contributed by atoms with Gasteiger partial charge in [-0.25, -0.2) is 0 Å². The third-order valence-corrected chi connectivity index (χ3v) is 1.95. The molecule has 0 aliphatic carbocycles. The van der Waals surface area contributed by atoms with Crippen molar-refractivity contribution in [2.45, 2.75) is 25.9 Å². The van der Waals surface area contributed by atoms with Gasteiger partial charge in [0.25, 0.3) is 0 Å². The highest BCUT2D eigenvalue weighted by Gasteiger charge is 2.20. The summed E-state index contributed by atoms with van der Waals surface area (Å²) in [6.07, 6.45) is 4.05. The summed E-state index contributed by atoms with van der Waals surface area (Å²) in [6.45, 7) is 4.70. The minimum Gasteiger partial charge on any atom is -0.387 e. The number of aliphatic hydroxyl groups is 1. The Morgan fingerprint density at radius 3 is 2.64 bits per heavy atom. The van der Waals surface area contributed by atoms with Crippen molar-refractivity contribution < 1.29 is 9.84 Å². The monoisotopic (exact) mass is 195 g/mol. The Kier molecular flexibility index (Phi) is 4.04. The third-order valence-electron chi connectivity index (χ3n) is 1.95. The van der Waals surface area contributed by atoms with Crippen LogP contribution < -0.4 is 0 Å². The quantitative estimate of drug-likeness (QED) is 0.772. The number of aromatic nitrogens is 1. The van der Waals surface area contributed by atoms with Crippen LogP contribution in [0.2, 0.25) is 0 Å².